The summed E-state index contributed by atoms with van der Waals surface area (Å²) < 4.78 is 6.72. The molecule has 2 N–H and O–H groups in total. The normalized spacial score (nSPS) is 26.1. The van der Waals surface area contributed by atoms with Gasteiger partial charge in [-0.05, 0) is 31.0 Å². The summed E-state index contributed by atoms with van der Waals surface area (Å²) >= 11 is 5.46. The van der Waals surface area contributed by atoms with Crippen molar-refractivity contribution in [3.8, 4) is 0 Å². The van der Waals surface area contributed by atoms with E-state index in [0.717, 1.165) is 17.5 Å². The molecule has 0 aromatic heterocycles. The SMILES string of the molecule is CC1OCCC1SC(CN)c1cccc(Br)c1. The minimum Gasteiger partial charge on any atom is -0.377 e. The average molecular weight is 316 g/mol. The smallest absolute Gasteiger partial charge is 0.0666 e. The summed E-state index contributed by atoms with van der Waals surface area (Å²) in [7, 11) is 0. The van der Waals surface area contributed by atoms with Crippen molar-refractivity contribution in [2.45, 2.75) is 29.9 Å². The van der Waals surface area contributed by atoms with E-state index in [1.807, 2.05) is 17.8 Å². The van der Waals surface area contributed by atoms with Crippen LogP contribution in [0, 0.1) is 0 Å². The van der Waals surface area contributed by atoms with Crippen LogP contribution < -0.4 is 5.73 Å². The van der Waals surface area contributed by atoms with Gasteiger partial charge in [0.15, 0.2) is 0 Å². The van der Waals surface area contributed by atoms with Crippen LogP contribution >= 0.6 is 27.7 Å². The summed E-state index contributed by atoms with van der Waals surface area (Å²) in [4.78, 5) is 0. The number of ether oxygens (including phenoxy) is 1. The predicted molar refractivity (Wildman–Crippen MR) is 77.3 cm³/mol. The van der Waals surface area contributed by atoms with E-state index in [1.54, 1.807) is 0 Å². The second-order valence-corrected chi connectivity index (χ2v) is 6.68. The Hall–Kier alpha value is -0.0300. The van der Waals surface area contributed by atoms with Gasteiger partial charge in [-0.15, -0.1) is 11.8 Å². The average Bonchev–Trinajstić information content (AvgIpc) is 2.71. The first-order valence-corrected chi connectivity index (χ1v) is 7.67. The molecule has 1 aromatic carbocycles. The first kappa shape index (κ1) is 13.4. The number of benzene rings is 1. The molecule has 94 valence electrons. The molecular weight excluding hydrogens is 298 g/mol. The molecule has 1 aliphatic rings. The number of rotatable bonds is 4. The van der Waals surface area contributed by atoms with Crippen molar-refractivity contribution < 1.29 is 4.74 Å². The van der Waals surface area contributed by atoms with Crippen molar-refractivity contribution in [2.24, 2.45) is 5.73 Å². The Bertz CT molecular complexity index is 374. The van der Waals surface area contributed by atoms with E-state index in [9.17, 15) is 0 Å². The van der Waals surface area contributed by atoms with Crippen molar-refractivity contribution in [1.82, 2.24) is 0 Å². The zero-order valence-electron chi connectivity index (χ0n) is 9.93. The second kappa shape index (κ2) is 6.23. The van der Waals surface area contributed by atoms with Gasteiger partial charge in [-0.1, -0.05) is 28.1 Å². The summed E-state index contributed by atoms with van der Waals surface area (Å²) in [6, 6.07) is 8.42. The molecule has 3 atom stereocenters. The van der Waals surface area contributed by atoms with Crippen LogP contribution in [-0.2, 0) is 4.74 Å². The summed E-state index contributed by atoms with van der Waals surface area (Å²) in [5.41, 5.74) is 7.20. The van der Waals surface area contributed by atoms with E-state index in [-0.39, 0.29) is 0 Å². The van der Waals surface area contributed by atoms with Crippen molar-refractivity contribution in [3.63, 3.8) is 0 Å². The van der Waals surface area contributed by atoms with E-state index in [4.69, 9.17) is 10.5 Å². The molecule has 0 saturated carbocycles. The third-order valence-corrected chi connectivity index (χ3v) is 5.34. The molecule has 0 amide bonds. The number of halogens is 1. The van der Waals surface area contributed by atoms with Crippen LogP contribution in [0.5, 0.6) is 0 Å². The van der Waals surface area contributed by atoms with Gasteiger partial charge in [0.05, 0.1) is 6.10 Å². The third-order valence-electron chi connectivity index (χ3n) is 3.08. The summed E-state index contributed by atoms with van der Waals surface area (Å²) in [6.07, 6.45) is 1.48. The second-order valence-electron chi connectivity index (χ2n) is 4.32. The highest BCUT2D eigenvalue weighted by Gasteiger charge is 2.27. The van der Waals surface area contributed by atoms with Crippen LogP contribution in [-0.4, -0.2) is 24.5 Å². The Morgan fingerprint density at radius 1 is 1.59 bits per heavy atom. The highest BCUT2D eigenvalue weighted by Crippen LogP contribution is 2.37. The molecule has 0 spiro atoms. The van der Waals surface area contributed by atoms with E-state index in [2.05, 4.69) is 41.1 Å². The summed E-state index contributed by atoms with van der Waals surface area (Å²) in [6.45, 7) is 3.71. The van der Waals surface area contributed by atoms with Crippen LogP contribution in [0.2, 0.25) is 0 Å². The minimum absolute atomic E-state index is 0.348. The van der Waals surface area contributed by atoms with Gasteiger partial charge in [0.2, 0.25) is 0 Å². The zero-order chi connectivity index (χ0) is 12.3. The van der Waals surface area contributed by atoms with Crippen LogP contribution in [0.25, 0.3) is 0 Å². The monoisotopic (exact) mass is 315 g/mol. The van der Waals surface area contributed by atoms with E-state index in [1.165, 1.54) is 5.56 Å². The number of hydrogen-bond acceptors (Lipinski definition) is 3. The van der Waals surface area contributed by atoms with Gasteiger partial charge in [-0.2, -0.15) is 0 Å². The predicted octanol–water partition coefficient (Wildman–Crippen LogP) is 3.36. The molecule has 1 fully saturated rings. The largest absolute Gasteiger partial charge is 0.377 e. The molecule has 4 heteroatoms. The van der Waals surface area contributed by atoms with Gasteiger partial charge in [-0.25, -0.2) is 0 Å². The van der Waals surface area contributed by atoms with Crippen molar-refractivity contribution in [3.05, 3.63) is 34.3 Å². The van der Waals surface area contributed by atoms with Crippen molar-refractivity contribution >= 4 is 27.7 Å². The molecular formula is C13H18BrNOS. The van der Waals surface area contributed by atoms with Gasteiger partial charge >= 0.3 is 0 Å². The Morgan fingerprint density at radius 3 is 3.00 bits per heavy atom. The molecule has 0 bridgehead atoms. The minimum atomic E-state index is 0.348. The van der Waals surface area contributed by atoms with E-state index < -0.39 is 0 Å². The Balaban J connectivity index is 2.06. The van der Waals surface area contributed by atoms with Crippen LogP contribution in [0.3, 0.4) is 0 Å². The van der Waals surface area contributed by atoms with Gasteiger partial charge in [0.25, 0.3) is 0 Å². The molecule has 2 nitrogen and oxygen atoms in total. The van der Waals surface area contributed by atoms with Crippen LogP contribution in [0.15, 0.2) is 28.7 Å². The molecule has 1 aromatic rings. The molecule has 17 heavy (non-hydrogen) atoms. The molecule has 1 saturated heterocycles. The fourth-order valence-corrected chi connectivity index (χ4v) is 3.86. The molecule has 2 rings (SSSR count). The first-order valence-electron chi connectivity index (χ1n) is 5.93. The molecule has 3 unspecified atom stereocenters. The van der Waals surface area contributed by atoms with Gasteiger partial charge in [0.1, 0.15) is 0 Å². The summed E-state index contributed by atoms with van der Waals surface area (Å²) in [5, 5.41) is 0.934. The maximum atomic E-state index is 5.90. The van der Waals surface area contributed by atoms with E-state index in [0.29, 0.717) is 23.1 Å². The van der Waals surface area contributed by atoms with Gasteiger partial charge in [0, 0.05) is 28.1 Å². The van der Waals surface area contributed by atoms with E-state index >= 15 is 0 Å². The third kappa shape index (κ3) is 3.47. The van der Waals surface area contributed by atoms with Crippen LogP contribution in [0.1, 0.15) is 24.2 Å². The topological polar surface area (TPSA) is 35.2 Å². The highest BCUT2D eigenvalue weighted by molar-refractivity contribution is 9.10. The lowest BCUT2D eigenvalue weighted by atomic mass is 10.1. The lowest BCUT2D eigenvalue weighted by Crippen LogP contribution is -2.19. The number of nitrogens with two attached hydrogens (primary N) is 1. The van der Waals surface area contributed by atoms with Crippen molar-refractivity contribution in [1.29, 1.82) is 0 Å². The van der Waals surface area contributed by atoms with Gasteiger partial charge < -0.3 is 10.5 Å². The lowest BCUT2D eigenvalue weighted by molar-refractivity contribution is 0.127. The number of thioether (sulfide) groups is 1. The Morgan fingerprint density at radius 2 is 2.41 bits per heavy atom. The maximum absolute atomic E-state index is 5.90. The van der Waals surface area contributed by atoms with Crippen LogP contribution in [0.4, 0.5) is 0 Å². The van der Waals surface area contributed by atoms with Crippen molar-refractivity contribution in [2.75, 3.05) is 13.2 Å². The number of hydrogen-bond donors (Lipinski definition) is 1. The summed E-state index contributed by atoms with van der Waals surface area (Å²) in [5.74, 6) is 0. The lowest BCUT2D eigenvalue weighted by Gasteiger charge is -2.21. The molecule has 1 heterocycles. The van der Waals surface area contributed by atoms with Gasteiger partial charge in [-0.3, -0.25) is 0 Å². The Labute approximate surface area is 115 Å². The molecule has 1 aliphatic heterocycles. The fraction of sp³-hybridized carbons (Fsp3) is 0.538. The standard InChI is InChI=1S/C13H18BrNOS/c1-9-12(5-6-16-9)17-13(8-15)10-3-2-4-11(14)7-10/h2-4,7,9,12-13H,5-6,8,15H2,1H3. The zero-order valence-corrected chi connectivity index (χ0v) is 12.3. The maximum Gasteiger partial charge on any atom is 0.0666 e. The molecule has 0 radical (unpaired) electrons. The highest BCUT2D eigenvalue weighted by atomic mass is 79.9. The molecule has 0 aliphatic carbocycles. The Kier molecular flexibility index (Phi) is 4.91. The fourth-order valence-electron chi connectivity index (χ4n) is 2.08. The quantitative estimate of drug-likeness (QED) is 0.925. The first-order chi connectivity index (χ1) is 8.20.